The molecule has 0 amide bonds. The van der Waals surface area contributed by atoms with Crippen LogP contribution < -0.4 is 15.5 Å². The first-order valence-corrected chi connectivity index (χ1v) is 9.61. The Hall–Kier alpha value is -2.24. The lowest BCUT2D eigenvalue weighted by atomic mass is 10.1. The zero-order chi connectivity index (χ0) is 20.3. The van der Waals surface area contributed by atoms with Crippen molar-refractivity contribution in [1.82, 2.24) is 4.57 Å². The molecule has 3 rings (SSSR count). The lowest BCUT2D eigenvalue weighted by Crippen LogP contribution is -2.17. The molecule has 1 aliphatic carbocycles. The monoisotopic (exact) mass is 422 g/mol. The Bertz CT molecular complexity index is 998. The maximum atomic E-state index is 13.6. The second-order valence-corrected chi connectivity index (χ2v) is 7.45. The number of pyridine rings is 1. The molecule has 1 N–H and O–H groups in total. The van der Waals surface area contributed by atoms with Crippen LogP contribution in [-0.4, -0.2) is 17.8 Å². The van der Waals surface area contributed by atoms with Crippen LogP contribution in [0.2, 0.25) is 5.02 Å². The molecule has 0 saturated heterocycles. The van der Waals surface area contributed by atoms with Crippen LogP contribution >= 0.6 is 23.2 Å². The van der Waals surface area contributed by atoms with Crippen molar-refractivity contribution in [3.8, 4) is 5.75 Å². The van der Waals surface area contributed by atoms with Gasteiger partial charge in [-0.05, 0) is 35.8 Å². The number of methoxy groups -OCH3 is 1. The van der Waals surface area contributed by atoms with Gasteiger partial charge in [-0.25, -0.2) is 4.39 Å². The molecule has 1 atom stereocenters. The summed E-state index contributed by atoms with van der Waals surface area (Å²) in [5, 5.41) is 4.18. The summed E-state index contributed by atoms with van der Waals surface area (Å²) < 4.78 is 20.6. The molecule has 1 heterocycles. The number of nitrogens with one attached hydrogen (secondary N) is 1. The number of anilines is 1. The van der Waals surface area contributed by atoms with Crippen LogP contribution in [0.3, 0.4) is 0 Å². The van der Waals surface area contributed by atoms with E-state index in [9.17, 15) is 9.18 Å². The van der Waals surface area contributed by atoms with Gasteiger partial charge in [-0.1, -0.05) is 41.4 Å². The molecule has 28 heavy (non-hydrogen) atoms. The van der Waals surface area contributed by atoms with Crippen molar-refractivity contribution < 1.29 is 9.13 Å². The summed E-state index contributed by atoms with van der Waals surface area (Å²) in [5.74, 6) is 0.859. The maximum Gasteiger partial charge on any atom is 0.225 e. The normalized spacial score (nSPS) is 16.4. The number of ether oxygens (including phenoxy) is 1. The van der Waals surface area contributed by atoms with E-state index in [1.807, 2.05) is 35.8 Å². The highest BCUT2D eigenvalue weighted by Gasteiger charge is 2.16. The average Bonchev–Trinajstić information content (AvgIpc) is 2.67. The minimum Gasteiger partial charge on any atom is -0.491 e. The van der Waals surface area contributed by atoms with Crippen molar-refractivity contribution in [3.05, 3.63) is 79.6 Å². The third-order valence-corrected chi connectivity index (χ3v) is 5.47. The van der Waals surface area contributed by atoms with Crippen molar-refractivity contribution >= 4 is 29.0 Å². The fourth-order valence-corrected chi connectivity index (χ4v) is 3.44. The van der Waals surface area contributed by atoms with Crippen LogP contribution in [0.5, 0.6) is 5.75 Å². The lowest BCUT2D eigenvalue weighted by Gasteiger charge is -2.19. The Kier molecular flexibility index (Phi) is 6.47. The summed E-state index contributed by atoms with van der Waals surface area (Å²) in [4.78, 5) is 12.2. The molecule has 1 aliphatic rings. The number of aromatic nitrogens is 1. The smallest absolute Gasteiger partial charge is 0.225 e. The van der Waals surface area contributed by atoms with Gasteiger partial charge < -0.3 is 14.6 Å². The fourth-order valence-electron chi connectivity index (χ4n) is 3.02. The molecular formula is C21H21Cl2FN2O2. The topological polar surface area (TPSA) is 43.3 Å². The predicted molar refractivity (Wildman–Crippen MR) is 112 cm³/mol. The van der Waals surface area contributed by atoms with E-state index < -0.39 is 6.17 Å². The first-order chi connectivity index (χ1) is 13.4. The molecule has 0 fully saturated rings. The van der Waals surface area contributed by atoms with Gasteiger partial charge in [0.15, 0.2) is 5.75 Å². The van der Waals surface area contributed by atoms with Crippen LogP contribution in [0.15, 0.2) is 58.0 Å². The van der Waals surface area contributed by atoms with Crippen LogP contribution in [0.25, 0.3) is 0 Å². The Morgan fingerprint density at radius 1 is 1.36 bits per heavy atom. The van der Waals surface area contributed by atoms with Gasteiger partial charge in [-0.2, -0.15) is 0 Å². The molecule has 1 unspecified atom stereocenters. The molecule has 1 aromatic carbocycles. The van der Waals surface area contributed by atoms with E-state index in [1.54, 1.807) is 12.3 Å². The van der Waals surface area contributed by atoms with E-state index >= 15 is 0 Å². The molecule has 7 heteroatoms. The van der Waals surface area contributed by atoms with Gasteiger partial charge in [0.05, 0.1) is 18.3 Å². The highest BCUT2D eigenvalue weighted by atomic mass is 35.5. The summed E-state index contributed by atoms with van der Waals surface area (Å²) >= 11 is 12.1. The van der Waals surface area contributed by atoms with Crippen molar-refractivity contribution in [2.75, 3.05) is 12.4 Å². The van der Waals surface area contributed by atoms with Gasteiger partial charge in [-0.15, -0.1) is 0 Å². The molecule has 0 aliphatic heterocycles. The predicted octanol–water partition coefficient (Wildman–Crippen LogP) is 5.22. The van der Waals surface area contributed by atoms with Gasteiger partial charge in [-0.3, -0.25) is 4.79 Å². The van der Waals surface area contributed by atoms with Crippen LogP contribution in [0, 0.1) is 6.92 Å². The molecule has 0 saturated carbocycles. The molecule has 2 aromatic rings. The summed E-state index contributed by atoms with van der Waals surface area (Å²) in [6.45, 7) is 2.88. The van der Waals surface area contributed by atoms with Crippen LogP contribution in [0.4, 0.5) is 10.2 Å². The van der Waals surface area contributed by atoms with Crippen molar-refractivity contribution in [1.29, 1.82) is 0 Å². The summed E-state index contributed by atoms with van der Waals surface area (Å²) in [6, 6.07) is 7.20. The number of rotatable bonds is 6. The summed E-state index contributed by atoms with van der Waals surface area (Å²) in [6.07, 6.45) is 4.17. The SMILES string of the molecule is COc1cn(CC2=CCC(F)C(Cl)=C2)c(NCc2cccc(Cl)c2C)cc1=O. The third kappa shape index (κ3) is 4.59. The standard InChI is InChI=1S/C21H21Cl2FN2O2/c1-13-15(4-3-5-16(13)22)10-25-21-9-19(27)20(28-2)12-26(21)11-14-6-7-18(24)17(23)8-14/h3-6,8-9,12,18,25H,7,10-11H2,1-2H3. The number of benzene rings is 1. The second-order valence-electron chi connectivity index (χ2n) is 6.61. The van der Waals surface area contributed by atoms with Gasteiger partial charge in [0.2, 0.25) is 5.43 Å². The number of alkyl halides is 1. The summed E-state index contributed by atoms with van der Waals surface area (Å²) in [5.41, 5.74) is 2.66. The maximum absolute atomic E-state index is 13.6. The van der Waals surface area contributed by atoms with Crippen molar-refractivity contribution in [2.45, 2.75) is 32.6 Å². The number of hydrogen-bond acceptors (Lipinski definition) is 3. The minimum atomic E-state index is -1.16. The van der Waals surface area contributed by atoms with E-state index in [-0.39, 0.29) is 22.6 Å². The van der Waals surface area contributed by atoms with E-state index in [1.165, 1.54) is 13.2 Å². The largest absolute Gasteiger partial charge is 0.491 e. The quantitative estimate of drug-likeness (QED) is 0.693. The van der Waals surface area contributed by atoms with Crippen LogP contribution in [-0.2, 0) is 13.1 Å². The number of allylic oxidation sites excluding steroid dienone is 4. The second kappa shape index (κ2) is 8.84. The zero-order valence-electron chi connectivity index (χ0n) is 15.6. The average molecular weight is 423 g/mol. The molecule has 148 valence electrons. The van der Waals surface area contributed by atoms with Crippen LogP contribution in [0.1, 0.15) is 17.5 Å². The minimum absolute atomic E-state index is 0.189. The molecular weight excluding hydrogens is 402 g/mol. The number of halogens is 3. The Morgan fingerprint density at radius 2 is 2.14 bits per heavy atom. The number of hydrogen-bond donors (Lipinski definition) is 1. The van der Waals surface area contributed by atoms with Gasteiger partial charge in [0, 0.05) is 30.6 Å². The van der Waals surface area contributed by atoms with Crippen molar-refractivity contribution in [2.24, 2.45) is 0 Å². The van der Waals surface area contributed by atoms with E-state index in [0.29, 0.717) is 23.9 Å². The van der Waals surface area contributed by atoms with E-state index in [4.69, 9.17) is 27.9 Å². The molecule has 0 bridgehead atoms. The Labute approximate surface area is 173 Å². The Balaban J connectivity index is 1.88. The first-order valence-electron chi connectivity index (χ1n) is 8.85. The molecule has 4 nitrogen and oxygen atoms in total. The Morgan fingerprint density at radius 3 is 2.86 bits per heavy atom. The van der Waals surface area contributed by atoms with Gasteiger partial charge in [0.1, 0.15) is 12.0 Å². The highest BCUT2D eigenvalue weighted by molar-refractivity contribution is 6.31. The molecule has 1 aromatic heterocycles. The first kappa shape index (κ1) is 20.5. The summed E-state index contributed by atoms with van der Waals surface area (Å²) in [7, 11) is 1.45. The lowest BCUT2D eigenvalue weighted by molar-refractivity contribution is 0.392. The number of nitrogens with zero attached hydrogens (tertiary/aromatic N) is 1. The van der Waals surface area contributed by atoms with E-state index in [0.717, 1.165) is 16.7 Å². The zero-order valence-corrected chi connectivity index (χ0v) is 17.1. The van der Waals surface area contributed by atoms with Gasteiger partial charge >= 0.3 is 0 Å². The third-order valence-electron chi connectivity index (χ3n) is 4.72. The fraction of sp³-hybridized carbons (Fsp3) is 0.286. The molecule has 0 spiro atoms. The van der Waals surface area contributed by atoms with Crippen molar-refractivity contribution in [3.63, 3.8) is 0 Å². The van der Waals surface area contributed by atoms with E-state index in [2.05, 4.69) is 5.32 Å². The molecule has 0 radical (unpaired) electrons. The highest BCUT2D eigenvalue weighted by Crippen LogP contribution is 2.26. The van der Waals surface area contributed by atoms with Gasteiger partial charge in [0.25, 0.3) is 0 Å².